The first kappa shape index (κ1) is 13.0. The van der Waals surface area contributed by atoms with Crippen molar-refractivity contribution < 1.29 is 4.74 Å². The molecule has 1 heterocycles. The van der Waals surface area contributed by atoms with Gasteiger partial charge in [-0.1, -0.05) is 42.4 Å². The average molecular weight is 263 g/mol. The summed E-state index contributed by atoms with van der Waals surface area (Å²) in [7, 11) is 1.88. The van der Waals surface area contributed by atoms with Gasteiger partial charge in [0.1, 0.15) is 10.8 Å². The molecule has 0 unspecified atom stereocenters. The van der Waals surface area contributed by atoms with Gasteiger partial charge in [0.2, 0.25) is 0 Å². The van der Waals surface area contributed by atoms with Crippen molar-refractivity contribution in [3.8, 4) is 10.9 Å². The van der Waals surface area contributed by atoms with Crippen molar-refractivity contribution in [1.29, 1.82) is 0 Å². The van der Waals surface area contributed by atoms with Crippen molar-refractivity contribution in [2.45, 2.75) is 26.3 Å². The molecule has 96 valence electrons. The van der Waals surface area contributed by atoms with E-state index in [1.165, 1.54) is 16.9 Å². The second-order valence-corrected chi connectivity index (χ2v) is 5.35. The van der Waals surface area contributed by atoms with Gasteiger partial charge in [0.05, 0.1) is 0 Å². The Kier molecular flexibility index (Phi) is 4.28. The van der Waals surface area contributed by atoms with Crippen LogP contribution in [0.5, 0.6) is 10.9 Å². The van der Waals surface area contributed by atoms with E-state index in [9.17, 15) is 0 Å². The van der Waals surface area contributed by atoms with Gasteiger partial charge in [-0.15, -0.1) is 5.10 Å². The van der Waals surface area contributed by atoms with E-state index in [4.69, 9.17) is 4.74 Å². The van der Waals surface area contributed by atoms with Crippen molar-refractivity contribution in [2.75, 3.05) is 7.05 Å². The number of rotatable bonds is 5. The second kappa shape index (κ2) is 5.93. The van der Waals surface area contributed by atoms with Crippen LogP contribution in [0.15, 0.2) is 24.3 Å². The van der Waals surface area contributed by atoms with Crippen molar-refractivity contribution in [2.24, 2.45) is 0 Å². The van der Waals surface area contributed by atoms with E-state index < -0.39 is 0 Å². The molecule has 0 atom stereocenters. The normalized spacial score (nSPS) is 10.9. The predicted molar refractivity (Wildman–Crippen MR) is 73.3 cm³/mol. The summed E-state index contributed by atoms with van der Waals surface area (Å²) in [5.41, 5.74) is 1.26. The molecule has 1 aromatic carbocycles. The zero-order valence-corrected chi connectivity index (χ0v) is 11.6. The van der Waals surface area contributed by atoms with E-state index in [1.807, 2.05) is 25.2 Å². The van der Waals surface area contributed by atoms with Crippen LogP contribution in [0.25, 0.3) is 0 Å². The SMILES string of the molecule is CNCc1nnc(Oc2cccc(C(C)C)c2)s1. The molecule has 2 rings (SSSR count). The summed E-state index contributed by atoms with van der Waals surface area (Å²) in [6, 6.07) is 8.08. The summed E-state index contributed by atoms with van der Waals surface area (Å²) in [4.78, 5) is 0. The highest BCUT2D eigenvalue weighted by molar-refractivity contribution is 7.13. The summed E-state index contributed by atoms with van der Waals surface area (Å²) < 4.78 is 5.71. The van der Waals surface area contributed by atoms with Crippen LogP contribution < -0.4 is 10.1 Å². The zero-order valence-electron chi connectivity index (χ0n) is 10.8. The Labute approximate surface area is 111 Å². The molecule has 0 aliphatic carbocycles. The van der Waals surface area contributed by atoms with Gasteiger partial charge in [0.25, 0.3) is 5.19 Å². The zero-order chi connectivity index (χ0) is 13.0. The fourth-order valence-corrected chi connectivity index (χ4v) is 2.26. The minimum atomic E-state index is 0.489. The molecule has 0 aliphatic heterocycles. The monoisotopic (exact) mass is 263 g/mol. The first-order chi connectivity index (χ1) is 8.69. The number of nitrogens with zero attached hydrogens (tertiary/aromatic N) is 2. The summed E-state index contributed by atoms with van der Waals surface area (Å²) in [6.45, 7) is 5.04. The molecular formula is C13H17N3OS. The van der Waals surface area contributed by atoms with E-state index in [2.05, 4.69) is 35.4 Å². The van der Waals surface area contributed by atoms with Crippen LogP contribution >= 0.6 is 11.3 Å². The van der Waals surface area contributed by atoms with Crippen LogP contribution in [0.3, 0.4) is 0 Å². The quantitative estimate of drug-likeness (QED) is 0.900. The molecule has 5 heteroatoms. The maximum absolute atomic E-state index is 5.71. The molecule has 0 amide bonds. The van der Waals surface area contributed by atoms with Crippen molar-refractivity contribution in [1.82, 2.24) is 15.5 Å². The molecule has 0 radical (unpaired) electrons. The second-order valence-electron chi connectivity index (χ2n) is 4.32. The molecule has 1 aromatic heterocycles. The predicted octanol–water partition coefficient (Wildman–Crippen LogP) is 3.17. The lowest BCUT2D eigenvalue weighted by Gasteiger charge is -2.07. The number of aromatic nitrogens is 2. The van der Waals surface area contributed by atoms with Crippen LogP contribution in [0.1, 0.15) is 30.3 Å². The fraction of sp³-hybridized carbons (Fsp3) is 0.385. The standard InChI is InChI=1S/C13H17N3OS/c1-9(2)10-5-4-6-11(7-10)17-13-16-15-12(18-13)8-14-3/h4-7,9,14H,8H2,1-3H3. The first-order valence-corrected chi connectivity index (χ1v) is 6.75. The molecule has 0 bridgehead atoms. The molecule has 0 aliphatic rings. The first-order valence-electron chi connectivity index (χ1n) is 5.94. The summed E-state index contributed by atoms with van der Waals surface area (Å²) >= 11 is 1.46. The third-order valence-electron chi connectivity index (χ3n) is 2.51. The number of benzene rings is 1. The van der Waals surface area contributed by atoms with Gasteiger partial charge in [0.15, 0.2) is 0 Å². The lowest BCUT2D eigenvalue weighted by atomic mass is 10.0. The highest BCUT2D eigenvalue weighted by Crippen LogP contribution is 2.27. The molecule has 0 spiro atoms. The fourth-order valence-electron chi connectivity index (χ4n) is 1.54. The van der Waals surface area contributed by atoms with Gasteiger partial charge in [-0.05, 0) is 30.7 Å². The topological polar surface area (TPSA) is 47.0 Å². The van der Waals surface area contributed by atoms with Crippen LogP contribution in [-0.4, -0.2) is 17.2 Å². The molecule has 18 heavy (non-hydrogen) atoms. The highest BCUT2D eigenvalue weighted by Gasteiger charge is 2.07. The molecule has 0 saturated carbocycles. The van der Waals surface area contributed by atoms with Gasteiger partial charge in [-0.3, -0.25) is 0 Å². The van der Waals surface area contributed by atoms with E-state index in [0.717, 1.165) is 10.8 Å². The van der Waals surface area contributed by atoms with Gasteiger partial charge in [-0.25, -0.2) is 0 Å². The number of hydrogen-bond donors (Lipinski definition) is 1. The third kappa shape index (κ3) is 3.27. The van der Waals surface area contributed by atoms with Gasteiger partial charge < -0.3 is 10.1 Å². The molecule has 0 saturated heterocycles. The molecule has 4 nitrogen and oxygen atoms in total. The van der Waals surface area contributed by atoms with Crippen molar-refractivity contribution in [3.63, 3.8) is 0 Å². The smallest absolute Gasteiger partial charge is 0.299 e. The number of ether oxygens (including phenoxy) is 1. The Bertz CT molecular complexity index is 510. The third-order valence-corrected chi connectivity index (χ3v) is 3.31. The minimum Gasteiger partial charge on any atom is -0.430 e. The van der Waals surface area contributed by atoms with Gasteiger partial charge >= 0.3 is 0 Å². The van der Waals surface area contributed by atoms with Gasteiger partial charge in [-0.2, -0.15) is 0 Å². The van der Waals surface area contributed by atoms with Crippen LogP contribution in [0, 0.1) is 0 Å². The Hall–Kier alpha value is -1.46. The van der Waals surface area contributed by atoms with Crippen molar-refractivity contribution >= 4 is 11.3 Å². The molecule has 1 N–H and O–H groups in total. The maximum Gasteiger partial charge on any atom is 0.299 e. The molecular weight excluding hydrogens is 246 g/mol. The van der Waals surface area contributed by atoms with E-state index in [1.54, 1.807) is 0 Å². The largest absolute Gasteiger partial charge is 0.430 e. The highest BCUT2D eigenvalue weighted by atomic mass is 32.1. The Morgan fingerprint density at radius 3 is 2.89 bits per heavy atom. The van der Waals surface area contributed by atoms with E-state index >= 15 is 0 Å². The van der Waals surface area contributed by atoms with Crippen LogP contribution in [0.4, 0.5) is 0 Å². The van der Waals surface area contributed by atoms with E-state index in [-0.39, 0.29) is 0 Å². The van der Waals surface area contributed by atoms with Crippen molar-refractivity contribution in [3.05, 3.63) is 34.8 Å². The average Bonchev–Trinajstić information content (AvgIpc) is 2.77. The lowest BCUT2D eigenvalue weighted by molar-refractivity contribution is 0.472. The van der Waals surface area contributed by atoms with Crippen LogP contribution in [-0.2, 0) is 6.54 Å². The minimum absolute atomic E-state index is 0.489. The Morgan fingerprint density at radius 2 is 2.17 bits per heavy atom. The molecule has 2 aromatic rings. The maximum atomic E-state index is 5.71. The van der Waals surface area contributed by atoms with Gasteiger partial charge in [0, 0.05) is 6.54 Å². The van der Waals surface area contributed by atoms with E-state index in [0.29, 0.717) is 17.7 Å². The Balaban J connectivity index is 2.10. The summed E-state index contributed by atoms with van der Waals surface area (Å²) in [5, 5.41) is 12.6. The summed E-state index contributed by atoms with van der Waals surface area (Å²) in [5.74, 6) is 1.30. The van der Waals surface area contributed by atoms with Crippen LogP contribution in [0.2, 0.25) is 0 Å². The summed E-state index contributed by atoms with van der Waals surface area (Å²) in [6.07, 6.45) is 0. The Morgan fingerprint density at radius 1 is 1.33 bits per heavy atom. The number of hydrogen-bond acceptors (Lipinski definition) is 5. The molecule has 0 fully saturated rings. The lowest BCUT2D eigenvalue weighted by Crippen LogP contribution is -2.04. The number of nitrogens with one attached hydrogen (secondary N) is 1.